The summed E-state index contributed by atoms with van der Waals surface area (Å²) >= 11 is 0. The predicted octanol–water partition coefficient (Wildman–Crippen LogP) is 2.37. The van der Waals surface area contributed by atoms with Crippen LogP contribution in [0.5, 0.6) is 0 Å². The summed E-state index contributed by atoms with van der Waals surface area (Å²) in [4.78, 5) is 25.1. The molecule has 6 nitrogen and oxygen atoms in total. The van der Waals surface area contributed by atoms with E-state index >= 15 is 8.78 Å². The van der Waals surface area contributed by atoms with Crippen molar-refractivity contribution in [1.29, 1.82) is 0 Å². The number of carbonyl (C=O) groups excluding carboxylic acids is 2. The molecular formula is C24H30F2O6. The minimum atomic E-state index is -2.24. The Hall–Kier alpha value is -1.48. The summed E-state index contributed by atoms with van der Waals surface area (Å²) in [5.41, 5.74) is -6.30. The van der Waals surface area contributed by atoms with Gasteiger partial charge in [-0.25, -0.2) is 8.78 Å². The normalized spacial score (nSPS) is 53.2. The maximum absolute atomic E-state index is 17.1. The highest BCUT2D eigenvalue weighted by Crippen LogP contribution is 2.72. The number of Topliss-reactive ketones (excluding diaryl/α,β-unsaturated/α-hetero) is 1. The van der Waals surface area contributed by atoms with Crippen LogP contribution in [0.3, 0.4) is 0 Å². The molecule has 0 aromatic heterocycles. The summed E-state index contributed by atoms with van der Waals surface area (Å²) in [6, 6.07) is 0. The summed E-state index contributed by atoms with van der Waals surface area (Å²) < 4.78 is 44.8. The smallest absolute Gasteiger partial charge is 0.193 e. The molecule has 0 aromatic rings. The largest absolute Gasteiger partial charge is 0.390 e. The quantitative estimate of drug-likeness (QED) is 0.668. The van der Waals surface area contributed by atoms with E-state index < -0.39 is 76.3 Å². The Morgan fingerprint density at radius 2 is 1.91 bits per heavy atom. The fraction of sp³-hybridized carbons (Fsp3) is 0.750. The number of rotatable bonds is 2. The highest BCUT2D eigenvalue weighted by molar-refractivity contribution is 6.01. The van der Waals surface area contributed by atoms with Crippen LogP contribution in [0.4, 0.5) is 8.78 Å². The van der Waals surface area contributed by atoms with Crippen molar-refractivity contribution in [2.24, 2.45) is 22.7 Å². The van der Waals surface area contributed by atoms with Gasteiger partial charge in [0.2, 0.25) is 0 Å². The fourth-order valence-corrected chi connectivity index (χ4v) is 7.92. The second-order valence-electron chi connectivity index (χ2n) is 11.0. The molecule has 1 heterocycles. The summed E-state index contributed by atoms with van der Waals surface area (Å²) in [6.45, 7) is 5.87. The molecule has 2 N–H and O–H groups in total. The zero-order valence-corrected chi connectivity index (χ0v) is 18.7. The van der Waals surface area contributed by atoms with E-state index in [1.54, 1.807) is 20.8 Å². The highest BCUT2D eigenvalue weighted by Gasteiger charge is 2.80. The number of aliphatic hydroxyl groups is 2. The first-order valence-corrected chi connectivity index (χ1v) is 11.3. The number of aliphatic hydroxyl groups excluding tert-OH is 2. The van der Waals surface area contributed by atoms with E-state index in [2.05, 4.69) is 0 Å². The van der Waals surface area contributed by atoms with Gasteiger partial charge < -0.3 is 19.7 Å². The summed E-state index contributed by atoms with van der Waals surface area (Å²) in [6.07, 6.45) is -0.151. The first-order chi connectivity index (χ1) is 14.8. The number of fused-ring (bicyclic) bond motifs is 7. The van der Waals surface area contributed by atoms with Crippen molar-refractivity contribution < 1.29 is 38.1 Å². The van der Waals surface area contributed by atoms with Crippen LogP contribution in [0.1, 0.15) is 47.0 Å². The number of ketones is 2. The molecule has 4 fully saturated rings. The summed E-state index contributed by atoms with van der Waals surface area (Å²) in [7, 11) is 0. The Bertz CT molecular complexity index is 960. The molecule has 5 aliphatic rings. The average Bonchev–Trinajstić information content (AvgIpc) is 3.11. The van der Waals surface area contributed by atoms with Crippen molar-refractivity contribution in [3.05, 3.63) is 23.8 Å². The summed E-state index contributed by atoms with van der Waals surface area (Å²) in [5.74, 6) is -3.53. The molecule has 3 saturated carbocycles. The third-order valence-electron chi connectivity index (χ3n) is 9.18. The van der Waals surface area contributed by atoms with Crippen LogP contribution >= 0.6 is 0 Å². The minimum Gasteiger partial charge on any atom is -0.390 e. The molecule has 4 aliphatic carbocycles. The Kier molecular flexibility index (Phi) is 4.42. The van der Waals surface area contributed by atoms with Gasteiger partial charge in [-0.1, -0.05) is 13.0 Å². The molecule has 1 aliphatic heterocycles. The number of hydrogen-bond donors (Lipinski definition) is 2. The van der Waals surface area contributed by atoms with Gasteiger partial charge in [0.05, 0.1) is 12.2 Å². The number of carbonyl (C=O) groups is 2. The van der Waals surface area contributed by atoms with Crippen LogP contribution in [-0.4, -0.2) is 63.8 Å². The molecule has 32 heavy (non-hydrogen) atoms. The van der Waals surface area contributed by atoms with Crippen LogP contribution < -0.4 is 0 Å². The van der Waals surface area contributed by atoms with Crippen molar-refractivity contribution in [2.75, 3.05) is 6.61 Å². The van der Waals surface area contributed by atoms with Gasteiger partial charge in [0.15, 0.2) is 28.6 Å². The Balaban J connectivity index is 1.66. The van der Waals surface area contributed by atoms with E-state index in [9.17, 15) is 19.8 Å². The third kappa shape index (κ3) is 2.32. The van der Waals surface area contributed by atoms with Crippen LogP contribution in [0.15, 0.2) is 23.8 Å². The molecule has 9 atom stereocenters. The zero-order chi connectivity index (χ0) is 23.5. The molecule has 0 bridgehead atoms. The van der Waals surface area contributed by atoms with Crippen LogP contribution in [0.25, 0.3) is 0 Å². The van der Waals surface area contributed by atoms with Gasteiger partial charge in [-0.2, -0.15) is 0 Å². The Morgan fingerprint density at radius 3 is 2.56 bits per heavy atom. The minimum absolute atomic E-state index is 0.0550. The number of ether oxygens (including phenoxy) is 2. The van der Waals surface area contributed by atoms with E-state index in [0.29, 0.717) is 0 Å². The molecule has 0 amide bonds. The van der Waals surface area contributed by atoms with Crippen molar-refractivity contribution in [1.82, 2.24) is 0 Å². The van der Waals surface area contributed by atoms with E-state index in [4.69, 9.17) is 9.47 Å². The molecule has 0 unspecified atom stereocenters. The number of allylic oxidation sites excluding steroid dienone is 4. The third-order valence-corrected chi connectivity index (χ3v) is 9.18. The maximum atomic E-state index is 17.1. The SMILES string of the molecule is CC1(C)O[C@H]2C[C@H]3[C@@H]4C[C@@H](F)C5=CC(=O)C=C[C@]5(C)[C@@]4(F)[C@@H](O)C[C@]3(C)[C@]2(C(=O)CO)O1. The zero-order valence-electron chi connectivity index (χ0n) is 18.7. The topological polar surface area (TPSA) is 93.1 Å². The Labute approximate surface area is 185 Å². The second kappa shape index (κ2) is 6.34. The molecule has 0 aromatic carbocycles. The highest BCUT2D eigenvalue weighted by atomic mass is 19.1. The van der Waals surface area contributed by atoms with E-state index in [1.807, 2.05) is 0 Å². The van der Waals surface area contributed by atoms with Crippen LogP contribution in [0, 0.1) is 22.7 Å². The van der Waals surface area contributed by atoms with Gasteiger partial charge in [-0.05, 0) is 63.7 Å². The van der Waals surface area contributed by atoms with E-state index in [1.165, 1.54) is 19.1 Å². The van der Waals surface area contributed by atoms with Crippen molar-refractivity contribution in [2.45, 2.75) is 82.4 Å². The van der Waals surface area contributed by atoms with Crippen LogP contribution in [-0.2, 0) is 19.1 Å². The fourth-order valence-electron chi connectivity index (χ4n) is 7.92. The lowest BCUT2D eigenvalue weighted by atomic mass is 9.44. The lowest BCUT2D eigenvalue weighted by Gasteiger charge is -2.63. The van der Waals surface area contributed by atoms with Crippen molar-refractivity contribution in [3.8, 4) is 0 Å². The molecule has 5 rings (SSSR count). The number of halogens is 2. The van der Waals surface area contributed by atoms with Gasteiger partial charge in [0.1, 0.15) is 12.8 Å². The molecule has 1 saturated heterocycles. The molecule has 0 spiro atoms. The average molecular weight is 452 g/mol. The van der Waals surface area contributed by atoms with Crippen LogP contribution in [0.2, 0.25) is 0 Å². The van der Waals surface area contributed by atoms with E-state index in [-0.39, 0.29) is 24.8 Å². The summed E-state index contributed by atoms with van der Waals surface area (Å²) in [5, 5.41) is 21.1. The Morgan fingerprint density at radius 1 is 1.22 bits per heavy atom. The van der Waals surface area contributed by atoms with Gasteiger partial charge in [0, 0.05) is 16.7 Å². The maximum Gasteiger partial charge on any atom is 0.193 e. The molecule has 0 radical (unpaired) electrons. The van der Waals surface area contributed by atoms with Gasteiger partial charge in [-0.3, -0.25) is 9.59 Å². The lowest BCUT2D eigenvalue weighted by Crippen LogP contribution is -2.71. The lowest BCUT2D eigenvalue weighted by molar-refractivity contribution is -0.248. The second-order valence-corrected chi connectivity index (χ2v) is 11.0. The molecule has 8 heteroatoms. The number of hydrogen-bond acceptors (Lipinski definition) is 6. The first-order valence-electron chi connectivity index (χ1n) is 11.3. The number of alkyl halides is 2. The first kappa shape index (κ1) is 22.3. The van der Waals surface area contributed by atoms with Crippen molar-refractivity contribution in [3.63, 3.8) is 0 Å². The molecular weight excluding hydrogens is 422 g/mol. The standard InChI is InChI=1S/C24H30F2O6/c1-20(2)31-19-9-13-14-8-16(25)15-7-12(28)5-6-21(15,3)23(14,26)17(29)10-22(13,4)24(19,32-20)18(30)11-27/h5-7,13-14,16-17,19,27,29H,8-11H2,1-4H3/t13-,14-,16+,17-,19-,21-,22-,23-,24+/m0/s1. The van der Waals surface area contributed by atoms with Gasteiger partial charge >= 0.3 is 0 Å². The molecule has 176 valence electrons. The van der Waals surface area contributed by atoms with Gasteiger partial charge in [0.25, 0.3) is 0 Å². The van der Waals surface area contributed by atoms with E-state index in [0.717, 1.165) is 6.08 Å². The van der Waals surface area contributed by atoms with Gasteiger partial charge in [-0.15, -0.1) is 0 Å². The monoisotopic (exact) mass is 452 g/mol. The predicted molar refractivity (Wildman–Crippen MR) is 109 cm³/mol. The van der Waals surface area contributed by atoms with Crippen molar-refractivity contribution >= 4 is 11.6 Å².